The summed E-state index contributed by atoms with van der Waals surface area (Å²) in [7, 11) is 3.78. The Morgan fingerprint density at radius 1 is 1.21 bits per heavy atom. The number of ether oxygens (including phenoxy) is 1. The van der Waals surface area contributed by atoms with Gasteiger partial charge in [-0.1, -0.05) is 0 Å². The number of hydrogen-bond donors (Lipinski definition) is 2. The molecule has 8 nitrogen and oxygen atoms in total. The lowest BCUT2D eigenvalue weighted by Gasteiger charge is -2.32. The summed E-state index contributed by atoms with van der Waals surface area (Å²) in [6.45, 7) is 1.66. The molecule has 2 bridgehead atoms. The first kappa shape index (κ1) is 12.4. The highest BCUT2D eigenvalue weighted by Crippen LogP contribution is 2.28. The maximum absolute atomic E-state index is 5.82. The molecule has 3 rings (SSSR count). The summed E-state index contributed by atoms with van der Waals surface area (Å²) in [6.07, 6.45) is 2.84. The van der Waals surface area contributed by atoms with Gasteiger partial charge in [0.15, 0.2) is 0 Å². The minimum Gasteiger partial charge on any atom is -0.371 e. The summed E-state index contributed by atoms with van der Waals surface area (Å²) in [4.78, 5) is 17.0. The third-order valence-corrected chi connectivity index (χ3v) is 3.47. The molecule has 0 spiro atoms. The number of nitrogens with zero attached hydrogens (tertiary/aromatic N) is 5. The number of fused-ring (bicyclic) bond motifs is 2. The molecule has 8 heteroatoms. The Bertz CT molecular complexity index is 454. The molecule has 104 valence electrons. The van der Waals surface area contributed by atoms with Crippen molar-refractivity contribution < 1.29 is 4.74 Å². The highest BCUT2D eigenvalue weighted by atomic mass is 16.5. The standard InChI is InChI=1S/C11H19N7O/c1-17(2)10-13-9(16-12)14-11(15-10)18-5-7-3-4-8(6-18)19-7/h7-8H,3-6,12H2,1-2H3,(H,13,14,15,16). The molecule has 0 amide bonds. The smallest absolute Gasteiger partial charge is 0.243 e. The van der Waals surface area contributed by atoms with Crippen LogP contribution in [0.25, 0.3) is 0 Å². The number of nitrogens with one attached hydrogen (secondary N) is 1. The van der Waals surface area contributed by atoms with Crippen LogP contribution in [0.4, 0.5) is 17.8 Å². The molecular weight excluding hydrogens is 246 g/mol. The minimum absolute atomic E-state index is 0.299. The molecule has 3 N–H and O–H groups in total. The van der Waals surface area contributed by atoms with Crippen molar-refractivity contribution in [1.82, 2.24) is 15.0 Å². The fraction of sp³-hybridized carbons (Fsp3) is 0.727. The quantitative estimate of drug-likeness (QED) is 0.563. The number of hydrazine groups is 1. The van der Waals surface area contributed by atoms with Crippen molar-refractivity contribution in [3.63, 3.8) is 0 Å². The fourth-order valence-electron chi connectivity index (χ4n) is 2.54. The van der Waals surface area contributed by atoms with Crippen LogP contribution in [0.1, 0.15) is 12.8 Å². The molecule has 0 aromatic carbocycles. The van der Waals surface area contributed by atoms with Crippen LogP contribution in [-0.2, 0) is 4.74 Å². The number of hydrogen-bond acceptors (Lipinski definition) is 8. The molecular formula is C11H19N7O. The van der Waals surface area contributed by atoms with Crippen molar-refractivity contribution >= 4 is 17.8 Å². The highest BCUT2D eigenvalue weighted by molar-refractivity contribution is 5.44. The zero-order chi connectivity index (χ0) is 13.4. The Morgan fingerprint density at radius 2 is 1.89 bits per heavy atom. The Hall–Kier alpha value is -1.67. The van der Waals surface area contributed by atoms with Crippen LogP contribution >= 0.6 is 0 Å². The zero-order valence-corrected chi connectivity index (χ0v) is 11.2. The van der Waals surface area contributed by atoms with Gasteiger partial charge < -0.3 is 14.5 Å². The summed E-state index contributed by atoms with van der Waals surface area (Å²) in [5.41, 5.74) is 2.49. The average molecular weight is 265 g/mol. The molecule has 3 heterocycles. The molecule has 1 aromatic rings. The number of aromatic nitrogens is 3. The van der Waals surface area contributed by atoms with E-state index in [0.717, 1.165) is 25.9 Å². The van der Waals surface area contributed by atoms with E-state index in [1.165, 1.54) is 0 Å². The van der Waals surface area contributed by atoms with Crippen LogP contribution in [0.5, 0.6) is 0 Å². The Kier molecular flexibility index (Phi) is 3.11. The van der Waals surface area contributed by atoms with E-state index < -0.39 is 0 Å². The molecule has 2 atom stereocenters. The molecule has 2 aliphatic rings. The number of nitrogen functional groups attached to an aromatic ring is 1. The number of nitrogens with two attached hydrogens (primary N) is 1. The SMILES string of the molecule is CN(C)c1nc(NN)nc(N2CC3CCC(C2)O3)n1. The summed E-state index contributed by atoms with van der Waals surface area (Å²) in [5.74, 6) is 7.06. The zero-order valence-electron chi connectivity index (χ0n) is 11.2. The molecule has 0 aliphatic carbocycles. The van der Waals surface area contributed by atoms with E-state index in [0.29, 0.717) is 30.1 Å². The molecule has 2 fully saturated rings. The first-order valence-corrected chi connectivity index (χ1v) is 6.46. The van der Waals surface area contributed by atoms with E-state index in [1.807, 2.05) is 19.0 Å². The summed E-state index contributed by atoms with van der Waals surface area (Å²) >= 11 is 0. The topological polar surface area (TPSA) is 92.4 Å². The predicted octanol–water partition coefficient (Wildman–Crippen LogP) is -0.409. The van der Waals surface area contributed by atoms with Crippen LogP contribution in [0.15, 0.2) is 0 Å². The Balaban J connectivity index is 1.89. The van der Waals surface area contributed by atoms with Gasteiger partial charge in [-0.05, 0) is 12.8 Å². The van der Waals surface area contributed by atoms with Gasteiger partial charge in [-0.2, -0.15) is 15.0 Å². The third kappa shape index (κ3) is 2.41. The maximum Gasteiger partial charge on any atom is 0.243 e. The van der Waals surface area contributed by atoms with E-state index in [9.17, 15) is 0 Å². The van der Waals surface area contributed by atoms with Crippen LogP contribution in [0.3, 0.4) is 0 Å². The first-order valence-electron chi connectivity index (χ1n) is 6.46. The number of anilines is 3. The fourth-order valence-corrected chi connectivity index (χ4v) is 2.54. The van der Waals surface area contributed by atoms with Crippen LogP contribution in [0.2, 0.25) is 0 Å². The van der Waals surface area contributed by atoms with Crippen molar-refractivity contribution in [1.29, 1.82) is 0 Å². The van der Waals surface area contributed by atoms with E-state index in [4.69, 9.17) is 10.6 Å². The number of morpholine rings is 1. The molecule has 1 aromatic heterocycles. The Morgan fingerprint density at radius 3 is 2.47 bits per heavy atom. The van der Waals surface area contributed by atoms with Crippen LogP contribution in [0, 0.1) is 0 Å². The normalized spacial score (nSPS) is 25.5. The monoisotopic (exact) mass is 265 g/mol. The summed E-state index contributed by atoms with van der Waals surface area (Å²) < 4.78 is 5.82. The molecule has 0 radical (unpaired) electrons. The number of rotatable bonds is 3. The predicted molar refractivity (Wildman–Crippen MR) is 72.1 cm³/mol. The largest absolute Gasteiger partial charge is 0.371 e. The van der Waals surface area contributed by atoms with Gasteiger partial charge in [-0.25, -0.2) is 5.84 Å². The van der Waals surface area contributed by atoms with Gasteiger partial charge in [0.25, 0.3) is 0 Å². The second-order valence-electron chi connectivity index (χ2n) is 5.16. The summed E-state index contributed by atoms with van der Waals surface area (Å²) in [5, 5.41) is 0. The van der Waals surface area contributed by atoms with Crippen molar-refractivity contribution in [3.05, 3.63) is 0 Å². The lowest BCUT2D eigenvalue weighted by atomic mass is 10.2. The van der Waals surface area contributed by atoms with Crippen molar-refractivity contribution in [3.8, 4) is 0 Å². The molecule has 2 saturated heterocycles. The van der Waals surface area contributed by atoms with Gasteiger partial charge in [0.1, 0.15) is 0 Å². The maximum atomic E-state index is 5.82. The van der Waals surface area contributed by atoms with Gasteiger partial charge in [-0.15, -0.1) is 0 Å². The molecule has 2 unspecified atom stereocenters. The second kappa shape index (κ2) is 4.78. The van der Waals surface area contributed by atoms with Gasteiger partial charge in [0.05, 0.1) is 12.2 Å². The van der Waals surface area contributed by atoms with Crippen LogP contribution < -0.4 is 21.1 Å². The molecule has 2 aliphatic heterocycles. The van der Waals surface area contributed by atoms with Crippen molar-refractivity contribution in [2.24, 2.45) is 5.84 Å². The summed E-state index contributed by atoms with van der Waals surface area (Å²) in [6, 6.07) is 0. The van der Waals surface area contributed by atoms with Gasteiger partial charge in [0.2, 0.25) is 17.8 Å². The van der Waals surface area contributed by atoms with Gasteiger partial charge in [-0.3, -0.25) is 5.43 Å². The van der Waals surface area contributed by atoms with Gasteiger partial charge >= 0.3 is 0 Å². The van der Waals surface area contributed by atoms with Crippen molar-refractivity contribution in [2.45, 2.75) is 25.0 Å². The second-order valence-corrected chi connectivity index (χ2v) is 5.16. The minimum atomic E-state index is 0.299. The van der Waals surface area contributed by atoms with Crippen LogP contribution in [-0.4, -0.2) is 54.3 Å². The van der Waals surface area contributed by atoms with E-state index in [-0.39, 0.29) is 0 Å². The third-order valence-electron chi connectivity index (χ3n) is 3.47. The molecule has 19 heavy (non-hydrogen) atoms. The first-order chi connectivity index (χ1) is 9.15. The molecule has 0 saturated carbocycles. The lowest BCUT2D eigenvalue weighted by molar-refractivity contribution is 0.0299. The van der Waals surface area contributed by atoms with E-state index >= 15 is 0 Å². The van der Waals surface area contributed by atoms with E-state index in [1.54, 1.807) is 0 Å². The lowest BCUT2D eigenvalue weighted by Crippen LogP contribution is -2.43. The van der Waals surface area contributed by atoms with Gasteiger partial charge in [0, 0.05) is 27.2 Å². The van der Waals surface area contributed by atoms with Crippen molar-refractivity contribution in [2.75, 3.05) is 42.4 Å². The van der Waals surface area contributed by atoms with E-state index in [2.05, 4.69) is 25.3 Å². The average Bonchev–Trinajstić information content (AvgIpc) is 2.76. The highest BCUT2D eigenvalue weighted by Gasteiger charge is 2.35. The Labute approximate surface area is 111 Å².